The first-order valence-electron chi connectivity index (χ1n) is 17.4. The molecule has 0 unspecified atom stereocenters. The van der Waals surface area contributed by atoms with Gasteiger partial charge in [-0.05, 0) is 123 Å². The van der Waals surface area contributed by atoms with Crippen molar-refractivity contribution in [2.24, 2.45) is 0 Å². The van der Waals surface area contributed by atoms with Crippen molar-refractivity contribution in [1.82, 2.24) is 0 Å². The molecule has 0 aromatic heterocycles. The van der Waals surface area contributed by atoms with Crippen LogP contribution in [0.2, 0.25) is 0 Å². The molecular formula is C50H32. The van der Waals surface area contributed by atoms with Crippen LogP contribution in [-0.4, -0.2) is 0 Å². The van der Waals surface area contributed by atoms with E-state index in [1.165, 1.54) is 98.4 Å². The third-order valence-electron chi connectivity index (χ3n) is 10.4. The Bertz CT molecular complexity index is 2900. The minimum atomic E-state index is 1.22. The Kier molecular flexibility index (Phi) is 6.60. The van der Waals surface area contributed by atoms with E-state index in [-0.39, 0.29) is 0 Å². The monoisotopic (exact) mass is 632 g/mol. The minimum absolute atomic E-state index is 1.22. The van der Waals surface area contributed by atoms with Gasteiger partial charge in [0.15, 0.2) is 0 Å². The summed E-state index contributed by atoms with van der Waals surface area (Å²) in [5.74, 6) is 0. The molecular weight excluding hydrogens is 601 g/mol. The molecule has 0 aliphatic carbocycles. The molecule has 50 heavy (non-hydrogen) atoms. The SMILES string of the molecule is c1ccc(-c2cc3ccccc3cc2-c2c3ccccc3c(-c3cc4ccccc4cc3-c3ccccc3)c3c2ccc2ccccc23)cc1. The molecule has 0 saturated carbocycles. The van der Waals surface area contributed by atoms with E-state index in [0.29, 0.717) is 0 Å². The summed E-state index contributed by atoms with van der Waals surface area (Å²) in [6, 6.07) is 71.5. The highest BCUT2D eigenvalue weighted by atomic mass is 14.3. The average molecular weight is 633 g/mol. The molecule has 0 heterocycles. The molecule has 0 fully saturated rings. The van der Waals surface area contributed by atoms with Gasteiger partial charge in [0.25, 0.3) is 0 Å². The molecule has 0 bridgehead atoms. The van der Waals surface area contributed by atoms with Crippen molar-refractivity contribution < 1.29 is 0 Å². The van der Waals surface area contributed by atoms with Gasteiger partial charge in [-0.2, -0.15) is 0 Å². The van der Waals surface area contributed by atoms with Gasteiger partial charge < -0.3 is 0 Å². The van der Waals surface area contributed by atoms with Gasteiger partial charge in [0.1, 0.15) is 0 Å². The lowest BCUT2D eigenvalue weighted by molar-refractivity contribution is 1.62. The Morgan fingerprint density at radius 1 is 0.220 bits per heavy atom. The number of rotatable bonds is 4. The zero-order valence-electron chi connectivity index (χ0n) is 27.5. The molecule has 0 aliphatic rings. The Balaban J connectivity index is 1.43. The van der Waals surface area contributed by atoms with Crippen LogP contribution < -0.4 is 0 Å². The number of hydrogen-bond acceptors (Lipinski definition) is 0. The van der Waals surface area contributed by atoms with Crippen molar-refractivity contribution in [2.45, 2.75) is 0 Å². The smallest absolute Gasteiger partial charge is 0.00137 e. The molecule has 0 atom stereocenters. The molecule has 0 amide bonds. The largest absolute Gasteiger partial charge is 0.0622 e. The first-order chi connectivity index (χ1) is 24.8. The van der Waals surface area contributed by atoms with Crippen LogP contribution in [0.5, 0.6) is 0 Å². The second-order valence-corrected chi connectivity index (χ2v) is 13.2. The van der Waals surface area contributed by atoms with Crippen LogP contribution in [-0.2, 0) is 0 Å². The van der Waals surface area contributed by atoms with E-state index in [0.717, 1.165) is 0 Å². The van der Waals surface area contributed by atoms with Crippen LogP contribution >= 0.6 is 0 Å². The summed E-state index contributed by atoms with van der Waals surface area (Å²) in [4.78, 5) is 0. The summed E-state index contributed by atoms with van der Waals surface area (Å²) in [7, 11) is 0. The molecule has 10 aromatic rings. The maximum Gasteiger partial charge on any atom is -0.00137 e. The summed E-state index contributed by atoms with van der Waals surface area (Å²) < 4.78 is 0. The van der Waals surface area contributed by atoms with Gasteiger partial charge in [-0.3, -0.25) is 0 Å². The van der Waals surface area contributed by atoms with Crippen molar-refractivity contribution in [3.8, 4) is 44.5 Å². The minimum Gasteiger partial charge on any atom is -0.0622 e. The lowest BCUT2D eigenvalue weighted by atomic mass is 9.80. The number of benzene rings is 10. The van der Waals surface area contributed by atoms with Crippen LogP contribution in [0, 0.1) is 0 Å². The number of hydrogen-bond donors (Lipinski definition) is 0. The van der Waals surface area contributed by atoms with Crippen LogP contribution in [0.3, 0.4) is 0 Å². The molecule has 0 nitrogen and oxygen atoms in total. The first kappa shape index (κ1) is 28.5. The maximum atomic E-state index is 2.42. The summed E-state index contributed by atoms with van der Waals surface area (Å²) in [5, 5.41) is 12.5. The Hall–Kier alpha value is -6.50. The fraction of sp³-hybridized carbons (Fsp3) is 0. The second-order valence-electron chi connectivity index (χ2n) is 13.2. The third kappa shape index (κ3) is 4.54. The standard InChI is InChI=1S/C50H32/c1-3-15-33(16-4-1)44-29-36-20-7-9-22-38(36)31-46(44)48-41-25-13-14-26-42(41)50(49-40-24-12-11-19-35(40)27-28-43(48)49)47-32-39-23-10-8-21-37(39)30-45(47)34-17-5-2-6-18-34/h1-32H. The van der Waals surface area contributed by atoms with Gasteiger partial charge in [-0.25, -0.2) is 0 Å². The molecule has 10 aromatic carbocycles. The Morgan fingerprint density at radius 3 is 1.12 bits per heavy atom. The third-order valence-corrected chi connectivity index (χ3v) is 10.4. The first-order valence-corrected chi connectivity index (χ1v) is 17.4. The highest BCUT2D eigenvalue weighted by Gasteiger charge is 2.23. The van der Waals surface area contributed by atoms with Gasteiger partial charge in [-0.15, -0.1) is 0 Å². The van der Waals surface area contributed by atoms with E-state index in [2.05, 4.69) is 194 Å². The predicted molar refractivity (Wildman–Crippen MR) is 216 cm³/mol. The molecule has 0 N–H and O–H groups in total. The topological polar surface area (TPSA) is 0 Å². The molecule has 0 radical (unpaired) electrons. The van der Waals surface area contributed by atoms with Crippen LogP contribution in [0.15, 0.2) is 194 Å². The van der Waals surface area contributed by atoms with Gasteiger partial charge in [0, 0.05) is 0 Å². The van der Waals surface area contributed by atoms with E-state index in [1.807, 2.05) is 0 Å². The van der Waals surface area contributed by atoms with Crippen molar-refractivity contribution in [3.63, 3.8) is 0 Å². The zero-order chi connectivity index (χ0) is 33.0. The molecule has 0 heteroatoms. The van der Waals surface area contributed by atoms with E-state index in [1.54, 1.807) is 0 Å². The molecule has 232 valence electrons. The van der Waals surface area contributed by atoms with E-state index >= 15 is 0 Å². The lowest BCUT2D eigenvalue weighted by Gasteiger charge is -2.23. The Morgan fingerprint density at radius 2 is 0.600 bits per heavy atom. The molecule has 0 aliphatic heterocycles. The van der Waals surface area contributed by atoms with Crippen molar-refractivity contribution in [1.29, 1.82) is 0 Å². The fourth-order valence-corrected chi connectivity index (χ4v) is 8.13. The van der Waals surface area contributed by atoms with Gasteiger partial charge >= 0.3 is 0 Å². The van der Waals surface area contributed by atoms with E-state index < -0.39 is 0 Å². The van der Waals surface area contributed by atoms with E-state index in [4.69, 9.17) is 0 Å². The Labute approximate surface area is 291 Å². The van der Waals surface area contributed by atoms with Gasteiger partial charge in [0.05, 0.1) is 0 Å². The summed E-state index contributed by atoms with van der Waals surface area (Å²) >= 11 is 0. The average Bonchev–Trinajstić information content (AvgIpc) is 3.19. The van der Waals surface area contributed by atoms with Crippen molar-refractivity contribution in [3.05, 3.63) is 194 Å². The highest BCUT2D eigenvalue weighted by Crippen LogP contribution is 2.50. The molecule has 0 saturated heterocycles. The van der Waals surface area contributed by atoms with Crippen molar-refractivity contribution in [2.75, 3.05) is 0 Å². The molecule has 10 rings (SSSR count). The van der Waals surface area contributed by atoms with E-state index in [9.17, 15) is 0 Å². The number of fused-ring (bicyclic) bond motifs is 6. The van der Waals surface area contributed by atoms with Crippen LogP contribution in [0.25, 0.3) is 98.4 Å². The van der Waals surface area contributed by atoms with Crippen LogP contribution in [0.1, 0.15) is 0 Å². The summed E-state index contributed by atoms with van der Waals surface area (Å²) in [5.41, 5.74) is 9.98. The lowest BCUT2D eigenvalue weighted by Crippen LogP contribution is -1.95. The molecule has 0 spiro atoms. The maximum absolute atomic E-state index is 2.42. The normalized spacial score (nSPS) is 11.6. The fourth-order valence-electron chi connectivity index (χ4n) is 8.13. The van der Waals surface area contributed by atoms with Crippen molar-refractivity contribution >= 4 is 53.9 Å². The van der Waals surface area contributed by atoms with Gasteiger partial charge in [0.2, 0.25) is 0 Å². The summed E-state index contributed by atoms with van der Waals surface area (Å²) in [6.07, 6.45) is 0. The quantitative estimate of drug-likeness (QED) is 0.134. The van der Waals surface area contributed by atoms with Gasteiger partial charge in [-0.1, -0.05) is 170 Å². The second kappa shape index (κ2) is 11.6. The highest BCUT2D eigenvalue weighted by molar-refractivity contribution is 6.30. The van der Waals surface area contributed by atoms with Crippen LogP contribution in [0.4, 0.5) is 0 Å². The summed E-state index contributed by atoms with van der Waals surface area (Å²) in [6.45, 7) is 0. The zero-order valence-corrected chi connectivity index (χ0v) is 27.5. The predicted octanol–water partition coefficient (Wildman–Crippen LogP) is 14.1.